The van der Waals surface area contributed by atoms with Crippen LogP contribution in [0.2, 0.25) is 0 Å². The number of ether oxygens (including phenoxy) is 1. The molecule has 168 valence electrons. The Kier molecular flexibility index (Phi) is 7.25. The van der Waals surface area contributed by atoms with Crippen LogP contribution in [-0.2, 0) is 21.2 Å². The fraction of sp³-hybridized carbons (Fsp3) is 0.308. The van der Waals surface area contributed by atoms with Crippen LogP contribution in [0.3, 0.4) is 0 Å². The number of morpholine rings is 1. The molecule has 0 radical (unpaired) electrons. The summed E-state index contributed by atoms with van der Waals surface area (Å²) >= 11 is 0. The van der Waals surface area contributed by atoms with E-state index in [0.717, 1.165) is 49.5 Å². The molecule has 3 aromatic carbocycles. The number of aryl methyl sites for hydroxylation is 2. The Labute approximate surface area is 191 Å². The van der Waals surface area contributed by atoms with Crippen LogP contribution in [0.1, 0.15) is 29.2 Å². The predicted octanol–water partition coefficient (Wildman–Crippen LogP) is 4.48. The average Bonchev–Trinajstić information content (AvgIpc) is 2.83. The zero-order chi connectivity index (χ0) is 22.4. The van der Waals surface area contributed by atoms with Crippen LogP contribution in [0.25, 0.3) is 0 Å². The molecule has 1 N–H and O–H groups in total. The predicted molar refractivity (Wildman–Crippen MR) is 128 cm³/mol. The summed E-state index contributed by atoms with van der Waals surface area (Å²) in [6.07, 6.45) is 1.46. The van der Waals surface area contributed by atoms with Gasteiger partial charge in [0, 0.05) is 24.8 Å². The van der Waals surface area contributed by atoms with Gasteiger partial charge in [0.1, 0.15) is 0 Å². The van der Waals surface area contributed by atoms with Gasteiger partial charge in [0.2, 0.25) is 10.0 Å². The maximum atomic E-state index is 13.1. The van der Waals surface area contributed by atoms with Gasteiger partial charge in [0.25, 0.3) is 0 Å². The van der Waals surface area contributed by atoms with E-state index < -0.39 is 10.0 Å². The summed E-state index contributed by atoms with van der Waals surface area (Å²) in [6, 6.07) is 25.1. The Bertz CT molecular complexity index is 1090. The third-order valence-corrected chi connectivity index (χ3v) is 7.35. The number of nitrogens with zero attached hydrogens (tertiary/aromatic N) is 1. The van der Waals surface area contributed by atoms with Crippen LogP contribution in [0, 0.1) is 6.92 Å². The van der Waals surface area contributed by atoms with Crippen molar-refractivity contribution in [1.29, 1.82) is 0 Å². The highest BCUT2D eigenvalue weighted by molar-refractivity contribution is 7.89. The highest BCUT2D eigenvalue weighted by atomic mass is 32.2. The molecule has 1 atom stereocenters. The maximum Gasteiger partial charge on any atom is 0.241 e. The third kappa shape index (κ3) is 5.76. The first-order valence-electron chi connectivity index (χ1n) is 11.1. The van der Waals surface area contributed by atoms with Crippen molar-refractivity contribution in [3.05, 3.63) is 95.6 Å². The van der Waals surface area contributed by atoms with Crippen molar-refractivity contribution in [2.24, 2.45) is 0 Å². The number of hydrogen-bond acceptors (Lipinski definition) is 4. The van der Waals surface area contributed by atoms with E-state index in [9.17, 15) is 8.42 Å². The largest absolute Gasteiger partial charge is 0.378 e. The second kappa shape index (κ2) is 10.3. The van der Waals surface area contributed by atoms with E-state index in [4.69, 9.17) is 4.74 Å². The number of hydrogen-bond donors (Lipinski definition) is 1. The molecule has 32 heavy (non-hydrogen) atoms. The molecule has 1 unspecified atom stereocenters. The van der Waals surface area contributed by atoms with Gasteiger partial charge in [-0.3, -0.25) is 0 Å². The van der Waals surface area contributed by atoms with E-state index >= 15 is 0 Å². The van der Waals surface area contributed by atoms with Crippen molar-refractivity contribution in [3.63, 3.8) is 0 Å². The fourth-order valence-electron chi connectivity index (χ4n) is 3.96. The molecule has 0 bridgehead atoms. The minimum atomic E-state index is -3.64. The maximum absolute atomic E-state index is 13.1. The Balaban J connectivity index is 1.56. The van der Waals surface area contributed by atoms with Crippen LogP contribution in [0.4, 0.5) is 5.69 Å². The molecule has 1 saturated heterocycles. The van der Waals surface area contributed by atoms with E-state index in [1.807, 2.05) is 49.4 Å². The monoisotopic (exact) mass is 450 g/mol. The average molecular weight is 451 g/mol. The minimum Gasteiger partial charge on any atom is -0.378 e. The highest BCUT2D eigenvalue weighted by Gasteiger charge is 2.22. The summed E-state index contributed by atoms with van der Waals surface area (Å²) in [5, 5.41) is 0. The molecular weight excluding hydrogens is 420 g/mol. The Morgan fingerprint density at radius 1 is 0.906 bits per heavy atom. The lowest BCUT2D eigenvalue weighted by atomic mass is 9.99. The summed E-state index contributed by atoms with van der Waals surface area (Å²) in [7, 11) is -3.64. The summed E-state index contributed by atoms with van der Waals surface area (Å²) in [6.45, 7) is 5.16. The third-order valence-electron chi connectivity index (χ3n) is 5.86. The Morgan fingerprint density at radius 3 is 2.22 bits per heavy atom. The number of anilines is 1. The van der Waals surface area contributed by atoms with Gasteiger partial charge in [-0.2, -0.15) is 0 Å². The molecule has 0 spiro atoms. The van der Waals surface area contributed by atoms with Gasteiger partial charge in [0.05, 0.1) is 18.1 Å². The summed E-state index contributed by atoms with van der Waals surface area (Å²) < 4.78 is 34.6. The number of benzene rings is 3. The van der Waals surface area contributed by atoms with E-state index in [-0.39, 0.29) is 10.9 Å². The summed E-state index contributed by atoms with van der Waals surface area (Å²) in [5.41, 5.74) is 4.33. The van der Waals surface area contributed by atoms with Crippen LogP contribution in [-0.4, -0.2) is 34.7 Å². The minimum absolute atomic E-state index is 0.290. The first-order chi connectivity index (χ1) is 15.5. The Morgan fingerprint density at radius 2 is 1.56 bits per heavy atom. The second-order valence-corrected chi connectivity index (χ2v) is 9.92. The quantitative estimate of drug-likeness (QED) is 0.550. The lowest BCUT2D eigenvalue weighted by Crippen LogP contribution is -2.36. The smallest absolute Gasteiger partial charge is 0.241 e. The molecule has 1 fully saturated rings. The van der Waals surface area contributed by atoms with Gasteiger partial charge in [-0.25, -0.2) is 13.1 Å². The van der Waals surface area contributed by atoms with Crippen molar-refractivity contribution < 1.29 is 13.2 Å². The second-order valence-electron chi connectivity index (χ2n) is 8.20. The SMILES string of the molecule is Cc1ccc(S(=O)(=O)NC(CCc2ccccc2)c2ccc(N3CCOCC3)cc2)cc1. The van der Waals surface area contributed by atoms with Crippen molar-refractivity contribution in [2.75, 3.05) is 31.2 Å². The lowest BCUT2D eigenvalue weighted by Gasteiger charge is -2.29. The normalized spacial score (nSPS) is 15.5. The van der Waals surface area contributed by atoms with Gasteiger partial charge in [-0.15, -0.1) is 0 Å². The van der Waals surface area contributed by atoms with Gasteiger partial charge >= 0.3 is 0 Å². The molecule has 4 rings (SSSR count). The molecule has 1 aliphatic heterocycles. The highest BCUT2D eigenvalue weighted by Crippen LogP contribution is 2.25. The molecule has 0 aliphatic carbocycles. The van der Waals surface area contributed by atoms with Gasteiger partial charge in [0.15, 0.2) is 0 Å². The van der Waals surface area contributed by atoms with Crippen LogP contribution in [0.5, 0.6) is 0 Å². The first-order valence-corrected chi connectivity index (χ1v) is 12.6. The zero-order valence-corrected chi connectivity index (χ0v) is 19.2. The first kappa shape index (κ1) is 22.5. The van der Waals surface area contributed by atoms with E-state index in [2.05, 4.69) is 33.9 Å². The molecule has 5 nitrogen and oxygen atoms in total. The van der Waals surface area contributed by atoms with Gasteiger partial charge in [-0.05, 0) is 55.2 Å². The van der Waals surface area contributed by atoms with Crippen molar-refractivity contribution >= 4 is 15.7 Å². The molecular formula is C26H30N2O3S. The molecule has 1 heterocycles. The number of rotatable bonds is 8. The molecule has 0 saturated carbocycles. The van der Waals surface area contributed by atoms with Crippen molar-refractivity contribution in [3.8, 4) is 0 Å². The van der Waals surface area contributed by atoms with Crippen molar-refractivity contribution in [2.45, 2.75) is 30.7 Å². The summed E-state index contributed by atoms with van der Waals surface area (Å²) in [4.78, 5) is 2.58. The fourth-order valence-corrected chi connectivity index (χ4v) is 5.22. The Hall–Kier alpha value is -2.67. The van der Waals surface area contributed by atoms with Crippen LogP contribution < -0.4 is 9.62 Å². The van der Waals surface area contributed by atoms with E-state index in [1.54, 1.807) is 12.1 Å². The molecule has 1 aliphatic rings. The molecule has 6 heteroatoms. The zero-order valence-electron chi connectivity index (χ0n) is 18.4. The molecule has 3 aromatic rings. The van der Waals surface area contributed by atoms with Crippen LogP contribution in [0.15, 0.2) is 83.8 Å². The number of sulfonamides is 1. The topological polar surface area (TPSA) is 58.6 Å². The standard InChI is InChI=1S/C26H30N2O3S/c1-21-7-14-25(15-8-21)32(29,30)27-26(16-9-22-5-3-2-4-6-22)23-10-12-24(13-11-23)28-17-19-31-20-18-28/h2-8,10-15,26-27H,9,16-20H2,1H3. The number of nitrogens with one attached hydrogen (secondary N) is 1. The van der Waals surface area contributed by atoms with Gasteiger partial charge < -0.3 is 9.64 Å². The van der Waals surface area contributed by atoms with E-state index in [1.165, 1.54) is 5.56 Å². The summed E-state index contributed by atoms with van der Waals surface area (Å²) in [5.74, 6) is 0. The van der Waals surface area contributed by atoms with Gasteiger partial charge in [-0.1, -0.05) is 60.2 Å². The van der Waals surface area contributed by atoms with Crippen molar-refractivity contribution in [1.82, 2.24) is 4.72 Å². The molecule has 0 aromatic heterocycles. The van der Waals surface area contributed by atoms with E-state index in [0.29, 0.717) is 6.42 Å². The molecule has 0 amide bonds. The lowest BCUT2D eigenvalue weighted by molar-refractivity contribution is 0.122. The van der Waals surface area contributed by atoms with Crippen LogP contribution >= 0.6 is 0 Å².